The molecular weight excluding hydrogens is 547 g/mol. The third-order valence-electron chi connectivity index (χ3n) is 4.96. The molecule has 4 aromatic rings. The van der Waals surface area contributed by atoms with Gasteiger partial charge in [0.2, 0.25) is 0 Å². The zero-order valence-electron chi connectivity index (χ0n) is 20.3. The number of hydrogen-bond acceptors (Lipinski definition) is 2. The normalized spacial score (nSPS) is 10.8. The summed E-state index contributed by atoms with van der Waals surface area (Å²) in [5, 5.41) is 0. The van der Waals surface area contributed by atoms with E-state index >= 15 is 0 Å². The molecule has 0 fully saturated rings. The van der Waals surface area contributed by atoms with Crippen LogP contribution in [0.15, 0.2) is 146 Å². The third kappa shape index (κ3) is 12.4. The number of rotatable bonds is 8. The predicted molar refractivity (Wildman–Crippen MR) is 152 cm³/mol. The van der Waals surface area contributed by atoms with Crippen LogP contribution in [0.2, 0.25) is 0 Å². The van der Waals surface area contributed by atoms with Crippen LogP contribution in [0.3, 0.4) is 0 Å². The van der Waals surface area contributed by atoms with E-state index in [1.54, 1.807) is 24.3 Å². The molecule has 0 unspecified atom stereocenters. The second kappa shape index (κ2) is 17.3. The molecule has 0 spiro atoms. The topological polar surface area (TPSA) is 34.1 Å². The zero-order valence-corrected chi connectivity index (χ0v) is 21.9. The van der Waals surface area contributed by atoms with Gasteiger partial charge in [0.1, 0.15) is 0 Å². The van der Waals surface area contributed by atoms with E-state index in [4.69, 9.17) is 0 Å². The number of carbonyl (C=O) groups excluding carboxylic acids is 2. The molecule has 3 heteroatoms. The average Bonchev–Trinajstić information content (AvgIpc) is 2.95. The van der Waals surface area contributed by atoms with E-state index in [0.717, 1.165) is 22.3 Å². The minimum atomic E-state index is -0.0114. The quantitative estimate of drug-likeness (QED) is 0.158. The first-order valence-electron chi connectivity index (χ1n) is 11.7. The largest absolute Gasteiger partial charge is 2.00 e. The van der Waals surface area contributed by atoms with Gasteiger partial charge in [-0.1, -0.05) is 146 Å². The Bertz CT molecular complexity index is 1110. The van der Waals surface area contributed by atoms with Gasteiger partial charge in [-0.15, -0.1) is 0 Å². The van der Waals surface area contributed by atoms with Crippen LogP contribution in [0.4, 0.5) is 0 Å². The van der Waals surface area contributed by atoms with Crippen molar-refractivity contribution in [2.75, 3.05) is 0 Å². The molecule has 4 aromatic carbocycles. The van der Waals surface area contributed by atoms with E-state index < -0.39 is 0 Å². The molecule has 37 heavy (non-hydrogen) atoms. The number of hydrogen-bond donors (Lipinski definition) is 0. The summed E-state index contributed by atoms with van der Waals surface area (Å²) < 4.78 is 0. The monoisotopic (exact) mass is 574 g/mol. The van der Waals surface area contributed by atoms with Crippen molar-refractivity contribution in [1.29, 1.82) is 0 Å². The molecule has 0 aliphatic rings. The second-order valence-electron chi connectivity index (χ2n) is 7.78. The van der Waals surface area contributed by atoms with Gasteiger partial charge < -0.3 is 0 Å². The molecule has 0 N–H and O–H groups in total. The van der Waals surface area contributed by atoms with Crippen LogP contribution < -0.4 is 0 Å². The standard InChI is InChI=1S/2C17H14O.Pd/c2*18-17(13-11-15-7-3-1-4-8-15)14-12-16-9-5-2-6-10-16;/h2*1-14H;/q;;+2/b2*13-11+,14-12+;. The summed E-state index contributed by atoms with van der Waals surface area (Å²) >= 11 is 0. The van der Waals surface area contributed by atoms with Gasteiger partial charge in [0.05, 0.1) is 0 Å². The van der Waals surface area contributed by atoms with Crippen LogP contribution in [0.25, 0.3) is 24.3 Å². The molecule has 0 amide bonds. The van der Waals surface area contributed by atoms with Gasteiger partial charge in [-0.25, -0.2) is 0 Å². The van der Waals surface area contributed by atoms with E-state index in [9.17, 15) is 9.59 Å². The number of benzene rings is 4. The SMILES string of the molecule is O=C(/C=C/c1ccccc1)/C=C/c1ccccc1.O=C(/C=C/c1ccccc1)/C=C/c1ccccc1.[Pd+2]. The van der Waals surface area contributed by atoms with Crippen LogP contribution in [-0.4, -0.2) is 11.6 Å². The maximum Gasteiger partial charge on any atom is 2.00 e. The van der Waals surface area contributed by atoms with Gasteiger partial charge >= 0.3 is 20.4 Å². The van der Waals surface area contributed by atoms with E-state index in [1.807, 2.05) is 146 Å². The van der Waals surface area contributed by atoms with Crippen molar-refractivity contribution in [2.24, 2.45) is 0 Å². The molecule has 0 saturated heterocycles. The molecule has 0 aliphatic heterocycles. The summed E-state index contributed by atoms with van der Waals surface area (Å²) in [7, 11) is 0. The fraction of sp³-hybridized carbons (Fsp3) is 0. The predicted octanol–water partition coefficient (Wildman–Crippen LogP) is 7.96. The van der Waals surface area contributed by atoms with E-state index in [2.05, 4.69) is 0 Å². The van der Waals surface area contributed by atoms with E-state index in [0.29, 0.717) is 0 Å². The Balaban J connectivity index is 0.000000253. The number of allylic oxidation sites excluding steroid dienone is 4. The van der Waals surface area contributed by atoms with E-state index in [-0.39, 0.29) is 32.0 Å². The van der Waals surface area contributed by atoms with Gasteiger partial charge in [-0.05, 0) is 46.6 Å². The molecule has 0 atom stereocenters. The molecule has 0 aromatic heterocycles. The van der Waals surface area contributed by atoms with Crippen molar-refractivity contribution in [3.8, 4) is 0 Å². The molecule has 0 aliphatic carbocycles. The summed E-state index contributed by atoms with van der Waals surface area (Å²) in [4.78, 5) is 23.2. The Kier molecular flexibility index (Phi) is 13.6. The second-order valence-corrected chi connectivity index (χ2v) is 7.78. The van der Waals surface area contributed by atoms with E-state index in [1.165, 1.54) is 0 Å². The Morgan fingerprint density at radius 3 is 0.730 bits per heavy atom. The van der Waals surface area contributed by atoms with Gasteiger partial charge in [0.25, 0.3) is 0 Å². The first-order chi connectivity index (χ1) is 17.7. The van der Waals surface area contributed by atoms with Crippen molar-refractivity contribution < 1.29 is 30.0 Å². The van der Waals surface area contributed by atoms with Gasteiger partial charge in [-0.2, -0.15) is 0 Å². The molecule has 0 saturated carbocycles. The van der Waals surface area contributed by atoms with Crippen molar-refractivity contribution in [3.05, 3.63) is 168 Å². The Morgan fingerprint density at radius 1 is 0.351 bits per heavy atom. The molecule has 0 radical (unpaired) electrons. The minimum absolute atomic E-state index is 0. The number of ketones is 2. The summed E-state index contributed by atoms with van der Waals surface area (Å²) in [5.41, 5.74) is 4.11. The molecule has 2 nitrogen and oxygen atoms in total. The molecule has 0 heterocycles. The van der Waals surface area contributed by atoms with Gasteiger partial charge in [0, 0.05) is 0 Å². The van der Waals surface area contributed by atoms with Gasteiger partial charge in [0.15, 0.2) is 11.6 Å². The van der Waals surface area contributed by atoms with Crippen molar-refractivity contribution >= 4 is 35.9 Å². The van der Waals surface area contributed by atoms with Crippen LogP contribution >= 0.6 is 0 Å². The van der Waals surface area contributed by atoms with Crippen LogP contribution in [-0.2, 0) is 30.0 Å². The summed E-state index contributed by atoms with van der Waals surface area (Å²) in [6.07, 6.45) is 13.6. The third-order valence-corrected chi connectivity index (χ3v) is 4.96. The smallest absolute Gasteiger partial charge is 0.290 e. The summed E-state index contributed by atoms with van der Waals surface area (Å²) in [5.74, 6) is -0.0228. The van der Waals surface area contributed by atoms with Crippen molar-refractivity contribution in [3.63, 3.8) is 0 Å². The molecule has 184 valence electrons. The van der Waals surface area contributed by atoms with Crippen molar-refractivity contribution in [2.45, 2.75) is 0 Å². The Labute approximate surface area is 233 Å². The Morgan fingerprint density at radius 2 is 0.541 bits per heavy atom. The first-order valence-corrected chi connectivity index (χ1v) is 11.7. The van der Waals surface area contributed by atoms with Crippen LogP contribution in [0.1, 0.15) is 22.3 Å². The zero-order chi connectivity index (χ0) is 25.3. The Hall–Kier alpha value is -4.16. The molecular formula is C34H28O2Pd+2. The van der Waals surface area contributed by atoms with Gasteiger partial charge in [-0.3, -0.25) is 9.59 Å². The van der Waals surface area contributed by atoms with Crippen molar-refractivity contribution in [1.82, 2.24) is 0 Å². The van der Waals surface area contributed by atoms with Crippen LogP contribution in [0, 0.1) is 0 Å². The maximum absolute atomic E-state index is 11.6. The summed E-state index contributed by atoms with van der Waals surface area (Å²) in [6, 6.07) is 39.1. The maximum atomic E-state index is 11.6. The van der Waals surface area contributed by atoms with Crippen LogP contribution in [0.5, 0.6) is 0 Å². The summed E-state index contributed by atoms with van der Waals surface area (Å²) in [6.45, 7) is 0. The fourth-order valence-electron chi connectivity index (χ4n) is 3.08. The fourth-order valence-corrected chi connectivity index (χ4v) is 3.08. The number of carbonyl (C=O) groups is 2. The molecule has 0 bridgehead atoms. The molecule has 4 rings (SSSR count). The average molecular weight is 575 g/mol. The first kappa shape index (κ1) is 29.1. The minimum Gasteiger partial charge on any atom is -0.290 e.